The molecule has 0 saturated carbocycles. The van der Waals surface area contributed by atoms with Crippen LogP contribution in [0.4, 0.5) is 15.8 Å². The lowest BCUT2D eigenvalue weighted by Crippen LogP contribution is -2.20. The normalized spacial score (nSPS) is 13.4. The molecular weight excluding hydrogens is 327 g/mol. The number of pyridine rings is 1. The number of carbonyl (C=O) groups excluding carboxylic acids is 2. The second kappa shape index (κ2) is 5.66. The Kier molecular flexibility index (Phi) is 3.45. The minimum atomic E-state index is -0.557. The van der Waals surface area contributed by atoms with Crippen molar-refractivity contribution in [1.82, 2.24) is 10.1 Å². The molecule has 25 heavy (non-hydrogen) atoms. The van der Waals surface area contributed by atoms with Gasteiger partial charge in [-0.2, -0.15) is 0 Å². The third-order valence-corrected chi connectivity index (χ3v) is 4.11. The molecule has 0 radical (unpaired) electrons. The van der Waals surface area contributed by atoms with Gasteiger partial charge in [-0.25, -0.2) is 9.37 Å². The number of carbonyl (C=O) groups is 2. The molecule has 1 aliphatic rings. The molecule has 0 spiro atoms. The van der Waals surface area contributed by atoms with E-state index in [1.54, 1.807) is 13.0 Å². The Morgan fingerprint density at radius 3 is 3.00 bits per heavy atom. The van der Waals surface area contributed by atoms with Crippen LogP contribution < -0.4 is 10.6 Å². The Labute approximate surface area is 141 Å². The first-order valence-corrected chi connectivity index (χ1v) is 7.67. The molecular formula is C17H13FN4O3. The molecule has 3 aromatic rings. The number of benzene rings is 1. The molecule has 0 unspecified atom stereocenters. The van der Waals surface area contributed by atoms with E-state index < -0.39 is 11.7 Å². The molecule has 0 fully saturated rings. The average molecular weight is 340 g/mol. The number of hydrogen-bond donors (Lipinski definition) is 2. The summed E-state index contributed by atoms with van der Waals surface area (Å²) < 4.78 is 19.3. The van der Waals surface area contributed by atoms with Crippen LogP contribution in [0.1, 0.15) is 28.0 Å². The van der Waals surface area contributed by atoms with E-state index in [0.29, 0.717) is 40.9 Å². The summed E-state index contributed by atoms with van der Waals surface area (Å²) in [5, 5.41) is 9.59. The van der Waals surface area contributed by atoms with Crippen LogP contribution in [0.15, 0.2) is 28.9 Å². The molecule has 8 heteroatoms. The van der Waals surface area contributed by atoms with Gasteiger partial charge in [0, 0.05) is 18.3 Å². The van der Waals surface area contributed by atoms with Crippen molar-refractivity contribution in [2.24, 2.45) is 0 Å². The summed E-state index contributed by atoms with van der Waals surface area (Å²) in [6, 6.07) is 4.34. The number of aromatic nitrogens is 2. The number of fused-ring (bicyclic) bond motifs is 2. The van der Waals surface area contributed by atoms with Gasteiger partial charge in [0.05, 0.1) is 22.3 Å². The van der Waals surface area contributed by atoms with Crippen molar-refractivity contribution < 1.29 is 18.5 Å². The number of nitrogens with zero attached hydrogens (tertiary/aromatic N) is 2. The zero-order chi connectivity index (χ0) is 17.6. The topological polar surface area (TPSA) is 97.1 Å². The van der Waals surface area contributed by atoms with Gasteiger partial charge in [0.15, 0.2) is 0 Å². The van der Waals surface area contributed by atoms with Crippen LogP contribution in [0.2, 0.25) is 0 Å². The lowest BCUT2D eigenvalue weighted by atomic mass is 10.0. The minimum absolute atomic E-state index is 0.00640. The van der Waals surface area contributed by atoms with E-state index in [0.717, 1.165) is 0 Å². The Hall–Kier alpha value is -3.29. The van der Waals surface area contributed by atoms with E-state index in [1.165, 1.54) is 18.3 Å². The van der Waals surface area contributed by atoms with Gasteiger partial charge in [-0.05, 0) is 37.1 Å². The van der Waals surface area contributed by atoms with Crippen LogP contribution >= 0.6 is 0 Å². The summed E-state index contributed by atoms with van der Waals surface area (Å²) >= 11 is 0. The van der Waals surface area contributed by atoms with Gasteiger partial charge in [-0.15, -0.1) is 0 Å². The van der Waals surface area contributed by atoms with Crippen LogP contribution in [0.25, 0.3) is 11.1 Å². The first-order valence-electron chi connectivity index (χ1n) is 7.67. The van der Waals surface area contributed by atoms with Crippen molar-refractivity contribution >= 4 is 34.3 Å². The van der Waals surface area contributed by atoms with E-state index in [2.05, 4.69) is 20.8 Å². The van der Waals surface area contributed by atoms with E-state index in [-0.39, 0.29) is 17.2 Å². The summed E-state index contributed by atoms with van der Waals surface area (Å²) in [4.78, 5) is 27.9. The molecule has 2 N–H and O–H groups in total. The maximum absolute atomic E-state index is 14.3. The molecule has 0 aliphatic carbocycles. The second-order valence-electron chi connectivity index (χ2n) is 5.84. The van der Waals surface area contributed by atoms with Crippen molar-refractivity contribution in [3.05, 3.63) is 47.0 Å². The number of anilines is 2. The predicted octanol–water partition coefficient (Wildman–Crippen LogP) is 2.81. The maximum Gasteiger partial charge on any atom is 0.257 e. The largest absolute Gasteiger partial charge is 0.336 e. The monoisotopic (exact) mass is 340 g/mol. The van der Waals surface area contributed by atoms with Crippen molar-refractivity contribution in [2.45, 2.75) is 19.8 Å². The predicted molar refractivity (Wildman–Crippen MR) is 87.8 cm³/mol. The van der Waals surface area contributed by atoms with Gasteiger partial charge in [0.1, 0.15) is 5.82 Å². The maximum atomic E-state index is 14.3. The zero-order valence-corrected chi connectivity index (χ0v) is 13.2. The van der Waals surface area contributed by atoms with Gasteiger partial charge < -0.3 is 15.2 Å². The summed E-state index contributed by atoms with van der Waals surface area (Å²) in [5.74, 6) is -1.21. The number of hydrogen-bond acceptors (Lipinski definition) is 5. The molecule has 2 aromatic heterocycles. The molecule has 4 rings (SSSR count). The highest BCUT2D eigenvalue weighted by Gasteiger charge is 2.19. The summed E-state index contributed by atoms with van der Waals surface area (Å²) in [7, 11) is 0. The van der Waals surface area contributed by atoms with Crippen LogP contribution in [-0.4, -0.2) is 22.0 Å². The number of aryl methyl sites for hydroxylation is 2. The Morgan fingerprint density at radius 2 is 2.16 bits per heavy atom. The summed E-state index contributed by atoms with van der Waals surface area (Å²) in [5.41, 5.74) is 2.40. The molecule has 0 saturated heterocycles. The Bertz CT molecular complexity index is 1030. The molecule has 1 aliphatic heterocycles. The summed E-state index contributed by atoms with van der Waals surface area (Å²) in [6.45, 7) is 1.74. The lowest BCUT2D eigenvalue weighted by Gasteiger charge is -2.18. The summed E-state index contributed by atoms with van der Waals surface area (Å²) in [6.07, 6.45) is 2.13. The van der Waals surface area contributed by atoms with Gasteiger partial charge in [0.2, 0.25) is 5.91 Å². The van der Waals surface area contributed by atoms with Crippen LogP contribution in [0.5, 0.6) is 0 Å². The van der Waals surface area contributed by atoms with Crippen molar-refractivity contribution in [3.8, 4) is 0 Å². The Balaban J connectivity index is 1.64. The number of nitrogens with one attached hydrogen (secondary N) is 2. The van der Waals surface area contributed by atoms with Gasteiger partial charge in [-0.1, -0.05) is 5.16 Å². The van der Waals surface area contributed by atoms with Gasteiger partial charge in [0.25, 0.3) is 11.6 Å². The third-order valence-electron chi connectivity index (χ3n) is 4.11. The molecule has 7 nitrogen and oxygen atoms in total. The van der Waals surface area contributed by atoms with Gasteiger partial charge >= 0.3 is 0 Å². The van der Waals surface area contributed by atoms with E-state index >= 15 is 0 Å². The van der Waals surface area contributed by atoms with Crippen molar-refractivity contribution in [3.63, 3.8) is 0 Å². The number of halogens is 1. The first kappa shape index (κ1) is 15.3. The standard InChI is InChI=1S/C17H13FN4O3/c1-8-11-4-10(7-19-17(11)25-22-8)16(24)21-14-6-13-9(5-12(14)18)2-3-15(23)20-13/h4-7H,2-3H2,1H3,(H,20,23)(H,21,24). The van der Waals surface area contributed by atoms with E-state index in [1.807, 2.05) is 0 Å². The lowest BCUT2D eigenvalue weighted by molar-refractivity contribution is -0.116. The smallest absolute Gasteiger partial charge is 0.257 e. The Morgan fingerprint density at radius 1 is 1.32 bits per heavy atom. The fraction of sp³-hybridized carbons (Fsp3) is 0.176. The number of amides is 2. The fourth-order valence-corrected chi connectivity index (χ4v) is 2.76. The molecule has 2 amide bonds. The molecule has 0 bridgehead atoms. The highest BCUT2D eigenvalue weighted by molar-refractivity contribution is 6.06. The van der Waals surface area contributed by atoms with Crippen LogP contribution in [0.3, 0.4) is 0 Å². The van der Waals surface area contributed by atoms with Crippen LogP contribution in [0, 0.1) is 12.7 Å². The number of rotatable bonds is 2. The zero-order valence-electron chi connectivity index (χ0n) is 13.2. The van der Waals surface area contributed by atoms with Crippen LogP contribution in [-0.2, 0) is 11.2 Å². The van der Waals surface area contributed by atoms with Gasteiger partial charge in [-0.3, -0.25) is 9.59 Å². The highest BCUT2D eigenvalue weighted by Crippen LogP contribution is 2.29. The molecule has 3 heterocycles. The minimum Gasteiger partial charge on any atom is -0.336 e. The third kappa shape index (κ3) is 2.71. The second-order valence-corrected chi connectivity index (χ2v) is 5.84. The quantitative estimate of drug-likeness (QED) is 0.748. The highest BCUT2D eigenvalue weighted by atomic mass is 19.1. The average Bonchev–Trinajstić information content (AvgIpc) is 2.96. The molecule has 126 valence electrons. The molecule has 0 atom stereocenters. The van der Waals surface area contributed by atoms with Crippen molar-refractivity contribution in [2.75, 3.05) is 10.6 Å². The fourth-order valence-electron chi connectivity index (χ4n) is 2.76. The van der Waals surface area contributed by atoms with E-state index in [4.69, 9.17) is 4.52 Å². The van der Waals surface area contributed by atoms with E-state index in [9.17, 15) is 14.0 Å². The molecule has 1 aromatic carbocycles. The SMILES string of the molecule is Cc1noc2ncc(C(=O)Nc3cc4c(cc3F)CCC(=O)N4)cc12. The van der Waals surface area contributed by atoms with Crippen molar-refractivity contribution in [1.29, 1.82) is 0 Å². The first-order chi connectivity index (χ1) is 12.0.